The SMILES string of the molecule is Cc1ccc(S(=O)(=O)N2CCCC2C(=O)Nc2nnc(Cc3ccc(S(C)(=O)=O)cc3)o2)cc1. The molecule has 4 rings (SSSR count). The highest BCUT2D eigenvalue weighted by Gasteiger charge is 2.39. The van der Waals surface area contributed by atoms with Crippen molar-refractivity contribution in [1.82, 2.24) is 14.5 Å². The Kier molecular flexibility index (Phi) is 6.56. The Morgan fingerprint density at radius 3 is 2.32 bits per heavy atom. The maximum absolute atomic E-state index is 13.1. The predicted molar refractivity (Wildman–Crippen MR) is 123 cm³/mol. The Bertz CT molecular complexity index is 1400. The van der Waals surface area contributed by atoms with Crippen LogP contribution in [0, 0.1) is 6.92 Å². The van der Waals surface area contributed by atoms with Crippen molar-refractivity contribution in [2.45, 2.75) is 42.0 Å². The van der Waals surface area contributed by atoms with Crippen molar-refractivity contribution in [2.24, 2.45) is 0 Å². The van der Waals surface area contributed by atoms with Gasteiger partial charge >= 0.3 is 6.01 Å². The van der Waals surface area contributed by atoms with Crippen molar-refractivity contribution in [3.8, 4) is 0 Å². The van der Waals surface area contributed by atoms with E-state index in [-0.39, 0.29) is 34.7 Å². The number of hydrogen-bond donors (Lipinski definition) is 1. The number of nitrogens with zero attached hydrogens (tertiary/aromatic N) is 3. The van der Waals surface area contributed by atoms with Crippen LogP contribution >= 0.6 is 0 Å². The number of amides is 1. The third kappa shape index (κ3) is 5.18. The van der Waals surface area contributed by atoms with Crippen LogP contribution in [-0.2, 0) is 31.1 Å². The number of carbonyl (C=O) groups is 1. The molecule has 12 heteroatoms. The Morgan fingerprint density at radius 1 is 1.03 bits per heavy atom. The molecule has 0 spiro atoms. The Hall–Kier alpha value is -3.09. The van der Waals surface area contributed by atoms with E-state index in [0.717, 1.165) is 17.4 Å². The van der Waals surface area contributed by atoms with E-state index in [1.165, 1.54) is 28.6 Å². The maximum atomic E-state index is 13.1. The molecule has 34 heavy (non-hydrogen) atoms. The van der Waals surface area contributed by atoms with Crippen LogP contribution in [0.2, 0.25) is 0 Å². The Labute approximate surface area is 198 Å². The lowest BCUT2D eigenvalue weighted by Gasteiger charge is -2.22. The highest BCUT2D eigenvalue weighted by Crippen LogP contribution is 2.27. The molecule has 3 aromatic rings. The lowest BCUT2D eigenvalue weighted by Crippen LogP contribution is -2.43. The molecule has 0 saturated carbocycles. The van der Waals surface area contributed by atoms with Gasteiger partial charge in [-0.05, 0) is 49.6 Å². The van der Waals surface area contributed by atoms with Gasteiger partial charge in [-0.2, -0.15) is 4.31 Å². The second-order valence-electron chi connectivity index (χ2n) is 8.17. The molecule has 1 atom stereocenters. The molecule has 1 fully saturated rings. The smallest absolute Gasteiger partial charge is 0.322 e. The highest BCUT2D eigenvalue weighted by molar-refractivity contribution is 7.90. The van der Waals surface area contributed by atoms with Crippen molar-refractivity contribution >= 4 is 31.8 Å². The fourth-order valence-corrected chi connectivity index (χ4v) is 6.02. The van der Waals surface area contributed by atoms with E-state index in [9.17, 15) is 21.6 Å². The number of sulfonamides is 1. The summed E-state index contributed by atoms with van der Waals surface area (Å²) in [5.41, 5.74) is 1.69. The van der Waals surface area contributed by atoms with Crippen molar-refractivity contribution in [3.63, 3.8) is 0 Å². The summed E-state index contributed by atoms with van der Waals surface area (Å²) in [6.45, 7) is 2.11. The van der Waals surface area contributed by atoms with Gasteiger partial charge in [0.1, 0.15) is 6.04 Å². The van der Waals surface area contributed by atoms with Gasteiger partial charge in [0.25, 0.3) is 0 Å². The van der Waals surface area contributed by atoms with Crippen molar-refractivity contribution < 1.29 is 26.0 Å². The van der Waals surface area contributed by atoms with Gasteiger partial charge in [0, 0.05) is 12.8 Å². The molecule has 1 aliphatic heterocycles. The molecule has 2 aromatic carbocycles. The van der Waals surface area contributed by atoms with Crippen LogP contribution in [0.5, 0.6) is 0 Å². The first-order valence-electron chi connectivity index (χ1n) is 10.5. The summed E-state index contributed by atoms with van der Waals surface area (Å²) in [5.74, 6) is -0.321. The average Bonchev–Trinajstić information content (AvgIpc) is 3.44. The van der Waals surface area contributed by atoms with Gasteiger partial charge in [-0.1, -0.05) is 34.9 Å². The van der Waals surface area contributed by atoms with Crippen LogP contribution in [-0.4, -0.2) is 56.1 Å². The van der Waals surface area contributed by atoms with E-state index in [1.54, 1.807) is 24.3 Å². The molecule has 1 aliphatic rings. The normalized spacial score (nSPS) is 17.1. The number of sulfone groups is 1. The minimum atomic E-state index is -3.83. The van der Waals surface area contributed by atoms with E-state index in [1.807, 2.05) is 6.92 Å². The summed E-state index contributed by atoms with van der Waals surface area (Å²) in [4.78, 5) is 13.2. The minimum absolute atomic E-state index is 0.132. The Balaban J connectivity index is 1.43. The van der Waals surface area contributed by atoms with Crippen LogP contribution in [0.15, 0.2) is 62.7 Å². The number of aryl methyl sites for hydroxylation is 1. The van der Waals surface area contributed by atoms with Gasteiger partial charge in [0.05, 0.1) is 16.2 Å². The van der Waals surface area contributed by atoms with E-state index in [2.05, 4.69) is 15.5 Å². The standard InChI is InChI=1S/C22H24N4O6S2/c1-15-5-9-18(10-6-15)34(30,31)26-13-3-4-19(26)21(27)23-22-25-24-20(32-22)14-16-7-11-17(12-8-16)33(2,28)29/h5-12,19H,3-4,13-14H2,1-2H3,(H,23,25,27). The van der Waals surface area contributed by atoms with Crippen LogP contribution in [0.25, 0.3) is 0 Å². The molecular weight excluding hydrogens is 480 g/mol. The van der Waals surface area contributed by atoms with Crippen LogP contribution in [0.1, 0.15) is 29.9 Å². The second kappa shape index (κ2) is 9.28. The second-order valence-corrected chi connectivity index (χ2v) is 12.1. The number of aromatic nitrogens is 2. The van der Waals surface area contributed by atoms with E-state index < -0.39 is 31.8 Å². The topological polar surface area (TPSA) is 140 Å². The zero-order valence-electron chi connectivity index (χ0n) is 18.6. The summed E-state index contributed by atoms with van der Waals surface area (Å²) in [6, 6.07) is 11.8. The Morgan fingerprint density at radius 2 is 1.68 bits per heavy atom. The average molecular weight is 505 g/mol. The zero-order chi connectivity index (χ0) is 24.5. The van der Waals surface area contributed by atoms with Crippen LogP contribution < -0.4 is 5.32 Å². The largest absolute Gasteiger partial charge is 0.407 e. The van der Waals surface area contributed by atoms with Crippen molar-refractivity contribution in [3.05, 3.63) is 65.5 Å². The van der Waals surface area contributed by atoms with Gasteiger partial charge in [0.15, 0.2) is 9.84 Å². The lowest BCUT2D eigenvalue weighted by atomic mass is 10.1. The molecule has 1 unspecified atom stereocenters. The zero-order valence-corrected chi connectivity index (χ0v) is 20.3. The van der Waals surface area contributed by atoms with Crippen molar-refractivity contribution in [2.75, 3.05) is 18.1 Å². The number of nitrogens with one attached hydrogen (secondary N) is 1. The monoisotopic (exact) mass is 504 g/mol. The van der Waals surface area contributed by atoms with Gasteiger partial charge in [-0.3, -0.25) is 10.1 Å². The van der Waals surface area contributed by atoms with Crippen LogP contribution in [0.4, 0.5) is 6.01 Å². The van der Waals surface area contributed by atoms with Gasteiger partial charge < -0.3 is 4.42 Å². The first-order chi connectivity index (χ1) is 16.0. The molecule has 10 nitrogen and oxygen atoms in total. The van der Waals surface area contributed by atoms with Crippen molar-refractivity contribution in [1.29, 1.82) is 0 Å². The molecule has 0 aliphatic carbocycles. The summed E-state index contributed by atoms with van der Waals surface area (Å²) in [7, 11) is -7.12. The summed E-state index contributed by atoms with van der Waals surface area (Å²) in [6.07, 6.45) is 2.31. The highest BCUT2D eigenvalue weighted by atomic mass is 32.2. The first kappa shape index (κ1) is 24.0. The predicted octanol–water partition coefficient (Wildman–Crippen LogP) is 2.16. The number of rotatable bonds is 7. The van der Waals surface area contributed by atoms with Crippen LogP contribution in [0.3, 0.4) is 0 Å². The molecule has 1 N–H and O–H groups in total. The molecule has 1 aromatic heterocycles. The molecule has 0 radical (unpaired) electrons. The third-order valence-electron chi connectivity index (χ3n) is 5.54. The summed E-state index contributed by atoms with van der Waals surface area (Å²) < 4.78 is 56.0. The number of anilines is 1. The summed E-state index contributed by atoms with van der Waals surface area (Å²) >= 11 is 0. The van der Waals surface area contributed by atoms with Gasteiger partial charge in [-0.25, -0.2) is 16.8 Å². The van der Waals surface area contributed by atoms with E-state index in [4.69, 9.17) is 4.42 Å². The fourth-order valence-electron chi connectivity index (χ4n) is 3.73. The van der Waals surface area contributed by atoms with E-state index >= 15 is 0 Å². The number of hydrogen-bond acceptors (Lipinski definition) is 8. The molecule has 2 heterocycles. The third-order valence-corrected chi connectivity index (χ3v) is 8.59. The molecule has 1 amide bonds. The van der Waals surface area contributed by atoms with Gasteiger partial charge in [-0.15, -0.1) is 5.10 Å². The molecule has 180 valence electrons. The first-order valence-corrected chi connectivity index (χ1v) is 13.9. The minimum Gasteiger partial charge on any atom is -0.407 e. The molecule has 1 saturated heterocycles. The fraction of sp³-hybridized carbons (Fsp3) is 0.318. The van der Waals surface area contributed by atoms with E-state index in [0.29, 0.717) is 12.8 Å². The molecular formula is C22H24N4O6S2. The summed E-state index contributed by atoms with van der Waals surface area (Å²) in [5, 5.41) is 10.2. The lowest BCUT2D eigenvalue weighted by molar-refractivity contribution is -0.119. The number of benzene rings is 2. The maximum Gasteiger partial charge on any atom is 0.322 e. The quantitative estimate of drug-likeness (QED) is 0.516. The number of carbonyl (C=O) groups excluding carboxylic acids is 1. The van der Waals surface area contributed by atoms with Gasteiger partial charge in [0.2, 0.25) is 21.8 Å². The molecule has 0 bridgehead atoms.